The lowest BCUT2D eigenvalue weighted by Crippen LogP contribution is -2.40. The van der Waals surface area contributed by atoms with Gasteiger partial charge < -0.3 is 15.2 Å². The summed E-state index contributed by atoms with van der Waals surface area (Å²) in [6.07, 6.45) is 0. The Morgan fingerprint density at radius 2 is 2.16 bits per heavy atom. The molecule has 0 saturated carbocycles. The Hall–Kier alpha value is -1.75. The SMILES string of the molecule is Cc1ccc2n1CCN(C(=O)c1sccc1N)C2C. The van der Waals surface area contributed by atoms with Crippen LogP contribution >= 0.6 is 11.3 Å². The van der Waals surface area contributed by atoms with Crippen molar-refractivity contribution in [3.63, 3.8) is 0 Å². The second kappa shape index (κ2) is 4.42. The van der Waals surface area contributed by atoms with Crippen molar-refractivity contribution < 1.29 is 4.79 Å². The predicted molar refractivity (Wildman–Crippen MR) is 77.4 cm³/mol. The number of fused-ring (bicyclic) bond motifs is 1. The Bertz CT molecular complexity index is 628. The van der Waals surface area contributed by atoms with Gasteiger partial charge in [0.05, 0.1) is 11.7 Å². The van der Waals surface area contributed by atoms with E-state index in [2.05, 4.69) is 30.5 Å². The first-order valence-corrected chi connectivity index (χ1v) is 7.27. The van der Waals surface area contributed by atoms with Crippen molar-refractivity contribution >= 4 is 22.9 Å². The lowest BCUT2D eigenvalue weighted by Gasteiger charge is -2.35. The van der Waals surface area contributed by atoms with Crippen LogP contribution in [0.15, 0.2) is 23.6 Å². The Morgan fingerprint density at radius 3 is 2.84 bits per heavy atom. The van der Waals surface area contributed by atoms with Crippen molar-refractivity contribution in [2.75, 3.05) is 12.3 Å². The number of nitrogen functional groups attached to an aromatic ring is 1. The molecule has 2 aromatic rings. The number of nitrogens with two attached hydrogens (primary N) is 1. The summed E-state index contributed by atoms with van der Waals surface area (Å²) in [6.45, 7) is 5.77. The monoisotopic (exact) mass is 275 g/mol. The molecule has 0 radical (unpaired) electrons. The van der Waals surface area contributed by atoms with E-state index in [9.17, 15) is 4.79 Å². The molecule has 1 unspecified atom stereocenters. The minimum absolute atomic E-state index is 0.0464. The lowest BCUT2D eigenvalue weighted by atomic mass is 10.1. The van der Waals surface area contributed by atoms with Gasteiger partial charge in [0.15, 0.2) is 0 Å². The van der Waals surface area contributed by atoms with Gasteiger partial charge in [0, 0.05) is 24.5 Å². The highest BCUT2D eigenvalue weighted by molar-refractivity contribution is 7.12. The van der Waals surface area contributed by atoms with Gasteiger partial charge >= 0.3 is 0 Å². The van der Waals surface area contributed by atoms with Gasteiger partial charge in [-0.25, -0.2) is 0 Å². The number of carbonyl (C=O) groups is 1. The Balaban J connectivity index is 1.92. The summed E-state index contributed by atoms with van der Waals surface area (Å²) in [5.74, 6) is 0.0464. The van der Waals surface area contributed by atoms with Crippen LogP contribution in [0.2, 0.25) is 0 Å². The summed E-state index contributed by atoms with van der Waals surface area (Å²) in [7, 11) is 0. The average molecular weight is 275 g/mol. The number of aryl methyl sites for hydroxylation is 1. The summed E-state index contributed by atoms with van der Waals surface area (Å²) in [6, 6.07) is 6.10. The summed E-state index contributed by atoms with van der Waals surface area (Å²) >= 11 is 1.42. The second-order valence-electron chi connectivity index (χ2n) is 4.93. The van der Waals surface area contributed by atoms with E-state index in [1.807, 2.05) is 10.3 Å². The van der Waals surface area contributed by atoms with Gasteiger partial charge in [0.1, 0.15) is 4.88 Å². The average Bonchev–Trinajstić information content (AvgIpc) is 2.97. The molecule has 2 aromatic heterocycles. The zero-order valence-corrected chi connectivity index (χ0v) is 11.9. The van der Waals surface area contributed by atoms with Crippen LogP contribution in [0.1, 0.15) is 34.0 Å². The molecule has 19 heavy (non-hydrogen) atoms. The van der Waals surface area contributed by atoms with E-state index in [-0.39, 0.29) is 11.9 Å². The van der Waals surface area contributed by atoms with Crippen LogP contribution in [0.5, 0.6) is 0 Å². The van der Waals surface area contributed by atoms with Crippen LogP contribution < -0.4 is 5.73 Å². The van der Waals surface area contributed by atoms with Crippen molar-refractivity contribution in [2.24, 2.45) is 0 Å². The number of hydrogen-bond acceptors (Lipinski definition) is 3. The van der Waals surface area contributed by atoms with E-state index in [1.54, 1.807) is 6.07 Å². The van der Waals surface area contributed by atoms with Crippen LogP contribution in [0.4, 0.5) is 5.69 Å². The predicted octanol–water partition coefficient (Wildman–Crippen LogP) is 2.66. The van der Waals surface area contributed by atoms with E-state index >= 15 is 0 Å². The number of amides is 1. The standard InChI is InChI=1S/C14H17N3OS/c1-9-3-4-12-10(2)17(7-6-16(9)12)14(18)13-11(15)5-8-19-13/h3-5,8,10H,6-7,15H2,1-2H3. The van der Waals surface area contributed by atoms with Crippen LogP contribution in [-0.2, 0) is 6.54 Å². The number of hydrogen-bond donors (Lipinski definition) is 1. The van der Waals surface area contributed by atoms with Gasteiger partial charge in [-0.15, -0.1) is 11.3 Å². The topological polar surface area (TPSA) is 51.3 Å². The molecule has 100 valence electrons. The third-order valence-corrected chi connectivity index (χ3v) is 4.76. The number of nitrogens with zero attached hydrogens (tertiary/aromatic N) is 2. The molecule has 0 bridgehead atoms. The van der Waals surface area contributed by atoms with E-state index in [0.29, 0.717) is 10.6 Å². The third kappa shape index (κ3) is 1.85. The molecule has 3 rings (SSSR count). The maximum Gasteiger partial charge on any atom is 0.266 e. The molecule has 0 aromatic carbocycles. The van der Waals surface area contributed by atoms with Gasteiger partial charge in [-0.05, 0) is 37.4 Å². The summed E-state index contributed by atoms with van der Waals surface area (Å²) < 4.78 is 2.28. The van der Waals surface area contributed by atoms with Crippen LogP contribution in [0, 0.1) is 6.92 Å². The fourth-order valence-corrected chi connectivity index (χ4v) is 3.49. The Morgan fingerprint density at radius 1 is 1.37 bits per heavy atom. The van der Waals surface area contributed by atoms with Crippen LogP contribution in [-0.4, -0.2) is 21.9 Å². The Kier molecular flexibility index (Phi) is 2.86. The molecule has 1 aliphatic heterocycles. The summed E-state index contributed by atoms with van der Waals surface area (Å²) in [4.78, 5) is 15.1. The number of aromatic nitrogens is 1. The number of rotatable bonds is 1. The van der Waals surface area contributed by atoms with Crippen LogP contribution in [0.3, 0.4) is 0 Å². The zero-order chi connectivity index (χ0) is 13.6. The van der Waals surface area contributed by atoms with Gasteiger partial charge in [-0.1, -0.05) is 0 Å². The number of anilines is 1. The highest BCUT2D eigenvalue weighted by Crippen LogP contribution is 2.30. The van der Waals surface area contributed by atoms with E-state index < -0.39 is 0 Å². The minimum Gasteiger partial charge on any atom is -0.397 e. The molecule has 5 heteroatoms. The first-order valence-electron chi connectivity index (χ1n) is 6.39. The molecular formula is C14H17N3OS. The zero-order valence-electron chi connectivity index (χ0n) is 11.1. The van der Waals surface area contributed by atoms with Crippen molar-refractivity contribution in [2.45, 2.75) is 26.4 Å². The van der Waals surface area contributed by atoms with E-state index in [0.717, 1.165) is 13.1 Å². The highest BCUT2D eigenvalue weighted by atomic mass is 32.1. The van der Waals surface area contributed by atoms with Crippen molar-refractivity contribution in [1.82, 2.24) is 9.47 Å². The molecule has 0 fully saturated rings. The molecule has 2 N–H and O–H groups in total. The Labute approximate surface area is 116 Å². The highest BCUT2D eigenvalue weighted by Gasteiger charge is 2.30. The molecule has 1 atom stereocenters. The number of thiophene rings is 1. The maximum atomic E-state index is 12.6. The van der Waals surface area contributed by atoms with Crippen molar-refractivity contribution in [1.29, 1.82) is 0 Å². The van der Waals surface area contributed by atoms with Gasteiger partial charge in [-0.2, -0.15) is 0 Å². The van der Waals surface area contributed by atoms with Crippen molar-refractivity contribution in [3.8, 4) is 0 Å². The first kappa shape index (κ1) is 12.3. The molecule has 0 spiro atoms. The minimum atomic E-state index is 0.0464. The molecule has 4 nitrogen and oxygen atoms in total. The molecular weight excluding hydrogens is 258 g/mol. The quantitative estimate of drug-likeness (QED) is 0.870. The van der Waals surface area contributed by atoms with Gasteiger partial charge in [0.2, 0.25) is 0 Å². The van der Waals surface area contributed by atoms with Crippen LogP contribution in [0.25, 0.3) is 0 Å². The fraction of sp³-hybridized carbons (Fsp3) is 0.357. The maximum absolute atomic E-state index is 12.6. The largest absolute Gasteiger partial charge is 0.397 e. The fourth-order valence-electron chi connectivity index (χ4n) is 2.72. The second-order valence-corrected chi connectivity index (χ2v) is 5.85. The summed E-state index contributed by atoms with van der Waals surface area (Å²) in [5, 5.41) is 1.87. The summed E-state index contributed by atoms with van der Waals surface area (Å²) in [5.41, 5.74) is 8.89. The molecule has 3 heterocycles. The molecule has 1 amide bonds. The van der Waals surface area contributed by atoms with E-state index in [4.69, 9.17) is 5.73 Å². The lowest BCUT2D eigenvalue weighted by molar-refractivity contribution is 0.0649. The molecule has 0 aliphatic carbocycles. The van der Waals surface area contributed by atoms with Crippen molar-refractivity contribution in [3.05, 3.63) is 39.8 Å². The normalized spacial score (nSPS) is 18.4. The van der Waals surface area contributed by atoms with E-state index in [1.165, 1.54) is 22.7 Å². The number of carbonyl (C=O) groups excluding carboxylic acids is 1. The smallest absolute Gasteiger partial charge is 0.266 e. The first-order chi connectivity index (χ1) is 9.09. The van der Waals surface area contributed by atoms with Gasteiger partial charge in [0.25, 0.3) is 5.91 Å². The van der Waals surface area contributed by atoms with Gasteiger partial charge in [-0.3, -0.25) is 4.79 Å². The third-order valence-electron chi connectivity index (χ3n) is 3.84. The molecule has 1 aliphatic rings. The molecule has 0 saturated heterocycles.